The summed E-state index contributed by atoms with van der Waals surface area (Å²) in [4.78, 5) is 12.9. The van der Waals surface area contributed by atoms with Gasteiger partial charge in [0, 0.05) is 11.4 Å². The van der Waals surface area contributed by atoms with Crippen LogP contribution >= 0.6 is 0 Å². The van der Waals surface area contributed by atoms with Crippen molar-refractivity contribution in [2.45, 2.75) is 31.7 Å². The van der Waals surface area contributed by atoms with Crippen LogP contribution in [0, 0.1) is 13.8 Å². The van der Waals surface area contributed by atoms with Crippen LogP contribution in [0.2, 0.25) is 0 Å². The Labute approximate surface area is 167 Å². The van der Waals surface area contributed by atoms with Gasteiger partial charge in [-0.1, -0.05) is 35.9 Å². The molecule has 0 saturated heterocycles. The van der Waals surface area contributed by atoms with Crippen molar-refractivity contribution in [1.82, 2.24) is 9.78 Å². The summed E-state index contributed by atoms with van der Waals surface area (Å²) < 4.78 is 85.6. The van der Waals surface area contributed by atoms with Crippen LogP contribution in [-0.4, -0.2) is 22.1 Å². The van der Waals surface area contributed by atoms with Crippen LogP contribution in [0.5, 0.6) is 0 Å². The van der Waals surface area contributed by atoms with Crippen molar-refractivity contribution < 1.29 is 26.3 Å². The van der Waals surface area contributed by atoms with E-state index in [4.69, 9.17) is 0 Å². The van der Waals surface area contributed by atoms with Gasteiger partial charge in [0.15, 0.2) is 0 Å². The van der Waals surface area contributed by atoms with E-state index in [0.717, 1.165) is 19.1 Å². The molecule has 0 amide bonds. The molecule has 1 heterocycles. The zero-order valence-electron chi connectivity index (χ0n) is 15.8. The monoisotopic (exact) mass is 429 g/mol. The molecule has 0 aliphatic carbocycles. The number of aromatic amines is 1. The molecule has 0 atom stereocenters. The average Bonchev–Trinajstić information content (AvgIpc) is 2.94. The van der Waals surface area contributed by atoms with Gasteiger partial charge >= 0.3 is 12.4 Å². The van der Waals surface area contributed by atoms with Crippen LogP contribution in [0.4, 0.5) is 32.0 Å². The summed E-state index contributed by atoms with van der Waals surface area (Å²) in [6.07, 6.45) is -11.8. The summed E-state index contributed by atoms with van der Waals surface area (Å²) in [6.45, 7) is 2.64. The fourth-order valence-electron chi connectivity index (χ4n) is 3.25. The summed E-state index contributed by atoms with van der Waals surface area (Å²) in [7, 11) is 0. The molecule has 3 rings (SSSR count). The van der Waals surface area contributed by atoms with Crippen molar-refractivity contribution in [3.05, 3.63) is 81.8 Å². The smallest absolute Gasteiger partial charge is 0.360 e. The Morgan fingerprint density at radius 2 is 1.37 bits per heavy atom. The van der Waals surface area contributed by atoms with Crippen LogP contribution in [0.25, 0.3) is 5.69 Å². The molecule has 0 unspecified atom stereocenters. The molecule has 160 valence electrons. The normalized spacial score (nSPS) is 12.8. The Morgan fingerprint density at radius 3 is 1.87 bits per heavy atom. The third-order valence-corrected chi connectivity index (χ3v) is 4.69. The second kappa shape index (κ2) is 7.26. The number of alkyl halides is 6. The summed E-state index contributed by atoms with van der Waals surface area (Å²) in [6, 6.07) is 12.3. The fraction of sp³-hybridized carbons (Fsp3) is 0.250. The number of halogens is 6. The van der Waals surface area contributed by atoms with E-state index in [1.165, 1.54) is 36.4 Å². The maximum absolute atomic E-state index is 14.1. The van der Waals surface area contributed by atoms with Gasteiger partial charge in [-0.15, -0.1) is 0 Å². The number of benzene rings is 2. The lowest BCUT2D eigenvalue weighted by Gasteiger charge is -2.38. The molecule has 10 heteroatoms. The van der Waals surface area contributed by atoms with Gasteiger partial charge in [-0.2, -0.15) is 26.3 Å². The molecule has 0 fully saturated rings. The van der Waals surface area contributed by atoms with Crippen LogP contribution in [-0.2, 0) is 5.54 Å². The van der Waals surface area contributed by atoms with Crippen molar-refractivity contribution in [1.29, 1.82) is 0 Å². The van der Waals surface area contributed by atoms with E-state index in [9.17, 15) is 31.1 Å². The van der Waals surface area contributed by atoms with E-state index in [-0.39, 0.29) is 5.69 Å². The molecule has 2 aromatic carbocycles. The Balaban J connectivity index is 2.32. The largest absolute Gasteiger partial charge is 0.425 e. The molecule has 2 N–H and O–H groups in total. The van der Waals surface area contributed by atoms with Crippen LogP contribution in [0.3, 0.4) is 0 Å². The first-order valence-corrected chi connectivity index (χ1v) is 8.74. The second-order valence-electron chi connectivity index (χ2n) is 6.82. The highest BCUT2D eigenvalue weighted by Gasteiger charge is 2.74. The Hall–Kier alpha value is -3.17. The molecule has 0 saturated carbocycles. The third-order valence-electron chi connectivity index (χ3n) is 4.69. The molecular weight excluding hydrogens is 412 g/mol. The van der Waals surface area contributed by atoms with Crippen molar-refractivity contribution >= 4 is 5.69 Å². The van der Waals surface area contributed by atoms with Crippen molar-refractivity contribution in [3.63, 3.8) is 0 Å². The van der Waals surface area contributed by atoms with Gasteiger partial charge in [0.25, 0.3) is 11.1 Å². The zero-order chi connectivity index (χ0) is 22.3. The fourth-order valence-corrected chi connectivity index (χ4v) is 3.25. The SMILES string of the molecule is Cc1ccc(NC(c2c(C)[nH]n(-c3ccccc3)c2=O)(C(F)(F)F)C(F)(F)F)cc1. The van der Waals surface area contributed by atoms with Crippen LogP contribution in [0.1, 0.15) is 16.8 Å². The van der Waals surface area contributed by atoms with Gasteiger partial charge < -0.3 is 5.32 Å². The van der Waals surface area contributed by atoms with Gasteiger partial charge in [0.05, 0.1) is 11.3 Å². The van der Waals surface area contributed by atoms with E-state index < -0.39 is 40.4 Å². The number of hydrogen-bond donors (Lipinski definition) is 2. The molecule has 0 aliphatic heterocycles. The predicted octanol–water partition coefficient (Wildman–Crippen LogP) is 5.21. The number of nitrogens with one attached hydrogen (secondary N) is 2. The Morgan fingerprint density at radius 1 is 0.833 bits per heavy atom. The minimum atomic E-state index is -5.88. The topological polar surface area (TPSA) is 49.8 Å². The van der Waals surface area contributed by atoms with Crippen molar-refractivity contribution in [2.75, 3.05) is 5.32 Å². The summed E-state index contributed by atoms with van der Waals surface area (Å²) >= 11 is 0. The molecule has 1 aromatic heterocycles. The van der Waals surface area contributed by atoms with Gasteiger partial charge in [0.1, 0.15) is 0 Å². The third kappa shape index (κ3) is 3.46. The van der Waals surface area contributed by atoms with Crippen LogP contribution in [0.15, 0.2) is 59.4 Å². The number of aryl methyl sites for hydroxylation is 2. The van der Waals surface area contributed by atoms with Gasteiger partial charge in [-0.25, -0.2) is 4.68 Å². The lowest BCUT2D eigenvalue weighted by molar-refractivity contribution is -0.293. The first-order chi connectivity index (χ1) is 13.9. The molecule has 0 bridgehead atoms. The van der Waals surface area contributed by atoms with Gasteiger partial charge in [-0.05, 0) is 38.1 Å². The van der Waals surface area contributed by atoms with E-state index in [0.29, 0.717) is 10.2 Å². The first-order valence-electron chi connectivity index (χ1n) is 8.74. The minimum Gasteiger partial charge on any atom is -0.360 e. The summed E-state index contributed by atoms with van der Waals surface area (Å²) in [5.41, 5.74) is -7.77. The van der Waals surface area contributed by atoms with E-state index in [1.807, 2.05) is 0 Å². The first kappa shape index (κ1) is 21.5. The van der Waals surface area contributed by atoms with Gasteiger partial charge in [-0.3, -0.25) is 9.89 Å². The number of nitrogens with zero attached hydrogens (tertiary/aromatic N) is 1. The predicted molar refractivity (Wildman–Crippen MR) is 99.7 cm³/mol. The molecule has 0 radical (unpaired) electrons. The van der Waals surface area contributed by atoms with E-state index in [2.05, 4.69) is 5.10 Å². The number of rotatable bonds is 4. The van der Waals surface area contributed by atoms with Crippen LogP contribution < -0.4 is 10.9 Å². The molecule has 0 spiro atoms. The highest BCUT2D eigenvalue weighted by Crippen LogP contribution is 2.52. The molecule has 30 heavy (non-hydrogen) atoms. The van der Waals surface area contributed by atoms with Crippen molar-refractivity contribution in [2.24, 2.45) is 0 Å². The average molecular weight is 429 g/mol. The highest BCUT2D eigenvalue weighted by atomic mass is 19.4. The summed E-state index contributed by atoms with van der Waals surface area (Å²) in [5.74, 6) is 0. The highest BCUT2D eigenvalue weighted by molar-refractivity contribution is 5.52. The maximum Gasteiger partial charge on any atom is 0.425 e. The zero-order valence-corrected chi connectivity index (χ0v) is 15.8. The number of H-pyrrole nitrogens is 1. The number of para-hydroxylation sites is 1. The Kier molecular flexibility index (Phi) is 5.21. The number of aromatic nitrogens is 2. The van der Waals surface area contributed by atoms with Crippen molar-refractivity contribution in [3.8, 4) is 5.69 Å². The quantitative estimate of drug-likeness (QED) is 0.559. The molecule has 4 nitrogen and oxygen atoms in total. The summed E-state index contributed by atoms with van der Waals surface area (Å²) in [5, 5.41) is 3.92. The lowest BCUT2D eigenvalue weighted by Crippen LogP contribution is -2.61. The number of anilines is 1. The lowest BCUT2D eigenvalue weighted by atomic mass is 9.87. The minimum absolute atomic E-state index is 0.102. The van der Waals surface area contributed by atoms with E-state index in [1.54, 1.807) is 18.3 Å². The number of hydrogen-bond acceptors (Lipinski definition) is 2. The van der Waals surface area contributed by atoms with Gasteiger partial charge in [0.2, 0.25) is 0 Å². The maximum atomic E-state index is 14.1. The Bertz CT molecular complexity index is 1060. The molecule has 3 aromatic rings. The van der Waals surface area contributed by atoms with E-state index >= 15 is 0 Å². The molecular formula is C20H17F6N3O. The second-order valence-corrected chi connectivity index (χ2v) is 6.82. The molecule has 0 aliphatic rings. The standard InChI is InChI=1S/C20H17F6N3O/c1-12-8-10-14(11-9-12)27-18(19(21,22)23,20(24,25)26)16-13(2)28-29(17(16)30)15-6-4-3-5-7-15/h3-11,27-28H,1-2H3.